The molecule has 2 aromatic heterocycles. The molecule has 0 aliphatic carbocycles. The van der Waals surface area contributed by atoms with E-state index in [-0.39, 0.29) is 18.9 Å². The van der Waals surface area contributed by atoms with E-state index in [2.05, 4.69) is 10.3 Å². The van der Waals surface area contributed by atoms with Crippen LogP contribution in [-0.4, -0.2) is 15.3 Å². The molecule has 0 fully saturated rings. The molecule has 25 heavy (non-hydrogen) atoms. The molecule has 0 radical (unpaired) electrons. The maximum atomic E-state index is 12.5. The van der Waals surface area contributed by atoms with Crippen LogP contribution in [0.5, 0.6) is 0 Å². The second-order valence-corrected chi connectivity index (χ2v) is 5.93. The molecule has 0 saturated carbocycles. The number of hydrogen-bond donors (Lipinski definition) is 1. The number of benzene rings is 1. The van der Waals surface area contributed by atoms with Gasteiger partial charge in [0.05, 0.1) is 29.2 Å². The van der Waals surface area contributed by atoms with Gasteiger partial charge >= 0.3 is 6.18 Å². The first-order valence-corrected chi connectivity index (χ1v) is 7.75. The molecule has 3 rings (SSSR count). The number of rotatable bonds is 4. The molecule has 0 atom stereocenters. The van der Waals surface area contributed by atoms with Gasteiger partial charge in [-0.3, -0.25) is 4.79 Å². The molecular weight excluding hydrogens is 355 g/mol. The van der Waals surface area contributed by atoms with E-state index >= 15 is 0 Å². The number of halogens is 4. The third-order valence-corrected chi connectivity index (χ3v) is 3.80. The van der Waals surface area contributed by atoms with E-state index in [1.165, 1.54) is 12.1 Å². The van der Waals surface area contributed by atoms with Crippen LogP contribution in [0, 0.1) is 0 Å². The number of nitrogens with one attached hydrogen (secondary N) is 1. The Morgan fingerprint density at radius 1 is 1.12 bits per heavy atom. The molecule has 1 N–H and O–H groups in total. The summed E-state index contributed by atoms with van der Waals surface area (Å²) in [7, 11) is 0. The monoisotopic (exact) mass is 367 g/mol. The third kappa shape index (κ3) is 4.30. The normalized spacial score (nSPS) is 11.7. The largest absolute Gasteiger partial charge is 0.416 e. The number of carbonyl (C=O) groups excluding carboxylic acids is 1. The van der Waals surface area contributed by atoms with E-state index in [1.54, 1.807) is 28.9 Å². The highest BCUT2D eigenvalue weighted by atomic mass is 35.5. The lowest BCUT2D eigenvalue weighted by atomic mass is 10.1. The highest BCUT2D eigenvalue weighted by Crippen LogP contribution is 2.29. The van der Waals surface area contributed by atoms with Crippen molar-refractivity contribution in [2.24, 2.45) is 0 Å². The number of alkyl halides is 3. The predicted octanol–water partition coefficient (Wildman–Crippen LogP) is 3.87. The van der Waals surface area contributed by atoms with E-state index < -0.39 is 11.7 Å². The molecule has 1 amide bonds. The summed E-state index contributed by atoms with van der Waals surface area (Å²) in [6.07, 6.45) is -0.929. The van der Waals surface area contributed by atoms with E-state index in [0.717, 1.165) is 12.1 Å². The average molecular weight is 368 g/mol. The van der Waals surface area contributed by atoms with Crippen LogP contribution in [0.1, 0.15) is 16.8 Å². The maximum Gasteiger partial charge on any atom is 0.416 e. The zero-order chi connectivity index (χ0) is 18.0. The van der Waals surface area contributed by atoms with Crippen LogP contribution in [0.3, 0.4) is 0 Å². The van der Waals surface area contributed by atoms with Gasteiger partial charge in [-0.25, -0.2) is 4.98 Å². The molecule has 1 aromatic carbocycles. The van der Waals surface area contributed by atoms with Crippen LogP contribution in [0.2, 0.25) is 5.02 Å². The summed E-state index contributed by atoms with van der Waals surface area (Å²) in [4.78, 5) is 16.3. The zero-order valence-corrected chi connectivity index (χ0v) is 13.6. The Morgan fingerprint density at radius 2 is 1.84 bits per heavy atom. The van der Waals surface area contributed by atoms with E-state index in [0.29, 0.717) is 21.9 Å². The first-order valence-electron chi connectivity index (χ1n) is 7.37. The van der Waals surface area contributed by atoms with Gasteiger partial charge in [0, 0.05) is 12.4 Å². The minimum atomic E-state index is -4.38. The number of aromatic nitrogens is 2. The summed E-state index contributed by atoms with van der Waals surface area (Å²) in [6.45, 7) is 0.221. The van der Waals surface area contributed by atoms with Crippen LogP contribution in [0.4, 0.5) is 13.2 Å². The lowest BCUT2D eigenvalue weighted by molar-refractivity contribution is -0.137. The Labute approximate surface area is 146 Å². The molecule has 4 nitrogen and oxygen atoms in total. The molecular formula is C17H13ClF3N3O. The van der Waals surface area contributed by atoms with Crippen molar-refractivity contribution < 1.29 is 18.0 Å². The third-order valence-electron chi connectivity index (χ3n) is 3.58. The zero-order valence-electron chi connectivity index (χ0n) is 12.8. The van der Waals surface area contributed by atoms with Crippen molar-refractivity contribution in [2.75, 3.05) is 0 Å². The Kier molecular flexibility index (Phi) is 4.67. The predicted molar refractivity (Wildman–Crippen MR) is 87.2 cm³/mol. The van der Waals surface area contributed by atoms with Crippen LogP contribution in [-0.2, 0) is 23.9 Å². The van der Waals surface area contributed by atoms with Gasteiger partial charge in [-0.1, -0.05) is 23.7 Å². The molecule has 0 aliphatic rings. The molecule has 8 heteroatoms. The number of nitrogens with zero attached hydrogens (tertiary/aromatic N) is 2. The molecule has 0 saturated heterocycles. The molecule has 3 aromatic rings. The summed E-state index contributed by atoms with van der Waals surface area (Å²) < 4.78 is 39.3. The Bertz CT molecular complexity index is 904. The summed E-state index contributed by atoms with van der Waals surface area (Å²) in [6, 6.07) is 8.01. The molecule has 0 unspecified atom stereocenters. The average Bonchev–Trinajstić information content (AvgIpc) is 2.94. The fraction of sp³-hybridized carbons (Fsp3) is 0.176. The summed E-state index contributed by atoms with van der Waals surface area (Å²) in [5, 5.41) is 3.27. The highest BCUT2D eigenvalue weighted by molar-refractivity contribution is 6.30. The maximum absolute atomic E-state index is 12.5. The smallest absolute Gasteiger partial charge is 0.350 e. The topological polar surface area (TPSA) is 46.4 Å². The minimum Gasteiger partial charge on any atom is -0.350 e. The second-order valence-electron chi connectivity index (χ2n) is 5.49. The van der Waals surface area contributed by atoms with Crippen LogP contribution in [0.15, 0.2) is 48.8 Å². The first kappa shape index (κ1) is 17.3. The van der Waals surface area contributed by atoms with Crippen molar-refractivity contribution in [1.82, 2.24) is 14.7 Å². The number of pyridine rings is 1. The van der Waals surface area contributed by atoms with E-state index in [1.807, 2.05) is 0 Å². The molecule has 2 heterocycles. The minimum absolute atomic E-state index is 0.00264. The van der Waals surface area contributed by atoms with Gasteiger partial charge in [0.25, 0.3) is 0 Å². The van der Waals surface area contributed by atoms with Crippen LogP contribution in [0.25, 0.3) is 5.65 Å². The SMILES string of the molecule is O=C(Cc1ccc(C(F)(F)F)cc1)NCc1cn2cc(Cl)ccc2n1. The van der Waals surface area contributed by atoms with Crippen LogP contribution >= 0.6 is 11.6 Å². The number of amides is 1. The van der Waals surface area contributed by atoms with Crippen molar-refractivity contribution in [3.63, 3.8) is 0 Å². The summed E-state index contributed by atoms with van der Waals surface area (Å²) in [5.74, 6) is -0.296. The van der Waals surface area contributed by atoms with Gasteiger partial charge in [-0.05, 0) is 29.8 Å². The van der Waals surface area contributed by atoms with Gasteiger partial charge in [-0.15, -0.1) is 0 Å². The Hall–Kier alpha value is -2.54. The summed E-state index contributed by atoms with van der Waals surface area (Å²) >= 11 is 5.90. The molecule has 0 spiro atoms. The van der Waals surface area contributed by atoms with Crippen molar-refractivity contribution in [1.29, 1.82) is 0 Å². The lowest BCUT2D eigenvalue weighted by Crippen LogP contribution is -2.24. The second kappa shape index (κ2) is 6.76. The van der Waals surface area contributed by atoms with Gasteiger partial charge in [0.15, 0.2) is 0 Å². The molecule has 130 valence electrons. The quantitative estimate of drug-likeness (QED) is 0.761. The number of fused-ring (bicyclic) bond motifs is 1. The fourth-order valence-corrected chi connectivity index (χ4v) is 2.52. The summed E-state index contributed by atoms with van der Waals surface area (Å²) in [5.41, 5.74) is 1.13. The number of carbonyl (C=O) groups is 1. The fourth-order valence-electron chi connectivity index (χ4n) is 2.35. The Morgan fingerprint density at radius 3 is 2.52 bits per heavy atom. The highest BCUT2D eigenvalue weighted by Gasteiger charge is 2.29. The standard InChI is InChI=1S/C17H13ClF3N3O/c18-13-5-6-15-23-14(10-24(15)9-13)8-22-16(25)7-11-1-3-12(4-2-11)17(19,20)21/h1-6,9-10H,7-8H2,(H,22,25). The van der Waals surface area contributed by atoms with Crippen LogP contribution < -0.4 is 5.32 Å². The van der Waals surface area contributed by atoms with Crippen molar-refractivity contribution in [3.05, 3.63) is 70.6 Å². The molecule has 0 aliphatic heterocycles. The first-order chi connectivity index (χ1) is 11.8. The number of hydrogen-bond acceptors (Lipinski definition) is 2. The Balaban J connectivity index is 1.58. The van der Waals surface area contributed by atoms with Gasteiger partial charge in [-0.2, -0.15) is 13.2 Å². The van der Waals surface area contributed by atoms with E-state index in [9.17, 15) is 18.0 Å². The van der Waals surface area contributed by atoms with E-state index in [4.69, 9.17) is 11.6 Å². The van der Waals surface area contributed by atoms with Gasteiger partial charge < -0.3 is 9.72 Å². The molecule has 0 bridgehead atoms. The van der Waals surface area contributed by atoms with Gasteiger partial charge in [0.1, 0.15) is 5.65 Å². The van der Waals surface area contributed by atoms with Crippen molar-refractivity contribution >= 4 is 23.2 Å². The lowest BCUT2D eigenvalue weighted by Gasteiger charge is -2.07. The van der Waals surface area contributed by atoms with Crippen molar-refractivity contribution in [2.45, 2.75) is 19.1 Å². The van der Waals surface area contributed by atoms with Gasteiger partial charge in [0.2, 0.25) is 5.91 Å². The number of imidazole rings is 1. The van der Waals surface area contributed by atoms with Crippen molar-refractivity contribution in [3.8, 4) is 0 Å².